The van der Waals surface area contributed by atoms with Gasteiger partial charge in [0.1, 0.15) is 5.57 Å². The van der Waals surface area contributed by atoms with Crippen LogP contribution in [0.2, 0.25) is 0 Å². The lowest BCUT2D eigenvalue weighted by Crippen LogP contribution is -2.17. The maximum absolute atomic E-state index is 12.2. The molecule has 3 nitrogen and oxygen atoms in total. The molecule has 0 unspecified atom stereocenters. The molecule has 0 saturated carbocycles. The Bertz CT molecular complexity index is 444. The number of carbonyl (C=O) groups excluding carboxylic acids is 2. The minimum absolute atomic E-state index is 0.108. The molecule has 0 aliphatic carbocycles. The Hall–Kier alpha value is -1.90. The summed E-state index contributed by atoms with van der Waals surface area (Å²) in [5.74, 6) is -0.736. The highest BCUT2D eigenvalue weighted by Crippen LogP contribution is 2.13. The molecule has 1 aromatic carbocycles. The number of Topliss-reactive ketones (excluding diaryl/α,β-unsaturated/α-hetero) is 1. The van der Waals surface area contributed by atoms with Crippen molar-refractivity contribution >= 4 is 11.8 Å². The van der Waals surface area contributed by atoms with Crippen molar-refractivity contribution < 1.29 is 14.3 Å². The van der Waals surface area contributed by atoms with Gasteiger partial charge in [-0.1, -0.05) is 50.3 Å². The molecule has 0 aromatic heterocycles. The SMILES string of the molecule is CCOC(=O)/C(=C\C(C)C)C(=O)c1ccccc1. The quantitative estimate of drug-likeness (QED) is 0.264. The Kier molecular flexibility index (Phi) is 5.31. The van der Waals surface area contributed by atoms with Crippen LogP contribution in [0.15, 0.2) is 42.0 Å². The van der Waals surface area contributed by atoms with Gasteiger partial charge in [0.2, 0.25) is 0 Å². The van der Waals surface area contributed by atoms with Crippen LogP contribution < -0.4 is 0 Å². The van der Waals surface area contributed by atoms with Gasteiger partial charge in [-0.25, -0.2) is 4.79 Å². The van der Waals surface area contributed by atoms with Crippen LogP contribution in [0, 0.1) is 5.92 Å². The van der Waals surface area contributed by atoms with E-state index in [0.717, 1.165) is 0 Å². The first-order valence-electron chi connectivity index (χ1n) is 6.05. The van der Waals surface area contributed by atoms with Crippen LogP contribution in [-0.4, -0.2) is 18.4 Å². The van der Waals surface area contributed by atoms with Gasteiger partial charge in [-0.3, -0.25) is 4.79 Å². The fourth-order valence-electron chi connectivity index (χ4n) is 1.52. The molecule has 0 radical (unpaired) electrons. The molecule has 0 fully saturated rings. The van der Waals surface area contributed by atoms with Gasteiger partial charge in [-0.05, 0) is 12.8 Å². The summed E-state index contributed by atoms with van der Waals surface area (Å²) in [7, 11) is 0. The summed E-state index contributed by atoms with van der Waals surface area (Å²) in [5, 5.41) is 0. The second kappa shape index (κ2) is 6.74. The van der Waals surface area contributed by atoms with Crippen LogP contribution in [0.4, 0.5) is 0 Å². The van der Waals surface area contributed by atoms with Crippen molar-refractivity contribution in [2.75, 3.05) is 6.61 Å². The first-order chi connectivity index (χ1) is 8.56. The lowest BCUT2D eigenvalue weighted by Gasteiger charge is -2.07. The third-order valence-corrected chi connectivity index (χ3v) is 2.28. The minimum atomic E-state index is -0.556. The number of allylic oxidation sites excluding steroid dienone is 1. The second-order valence-electron chi connectivity index (χ2n) is 4.24. The Balaban J connectivity index is 3.05. The van der Waals surface area contributed by atoms with Gasteiger partial charge in [0.25, 0.3) is 0 Å². The highest BCUT2D eigenvalue weighted by Gasteiger charge is 2.20. The van der Waals surface area contributed by atoms with E-state index >= 15 is 0 Å². The van der Waals surface area contributed by atoms with Crippen LogP contribution >= 0.6 is 0 Å². The van der Waals surface area contributed by atoms with E-state index < -0.39 is 5.97 Å². The predicted octanol–water partition coefficient (Wildman–Crippen LogP) is 3.01. The Labute approximate surface area is 107 Å². The van der Waals surface area contributed by atoms with E-state index in [9.17, 15) is 9.59 Å². The molecular formula is C15H18O3. The fraction of sp³-hybridized carbons (Fsp3) is 0.333. The van der Waals surface area contributed by atoms with E-state index in [1.165, 1.54) is 0 Å². The molecule has 0 saturated heterocycles. The summed E-state index contributed by atoms with van der Waals surface area (Å²) in [6, 6.07) is 8.75. The van der Waals surface area contributed by atoms with Crippen molar-refractivity contribution in [1.82, 2.24) is 0 Å². The van der Waals surface area contributed by atoms with Crippen molar-refractivity contribution in [2.45, 2.75) is 20.8 Å². The Morgan fingerprint density at radius 1 is 1.22 bits per heavy atom. The largest absolute Gasteiger partial charge is 0.462 e. The number of benzene rings is 1. The van der Waals surface area contributed by atoms with Crippen molar-refractivity contribution in [3.63, 3.8) is 0 Å². The van der Waals surface area contributed by atoms with E-state index in [1.54, 1.807) is 37.3 Å². The maximum atomic E-state index is 12.2. The summed E-state index contributed by atoms with van der Waals surface area (Å²) in [4.78, 5) is 24.0. The lowest BCUT2D eigenvalue weighted by atomic mass is 10.00. The molecule has 0 bridgehead atoms. The molecule has 0 heterocycles. The van der Waals surface area contributed by atoms with E-state index in [2.05, 4.69) is 0 Å². The average molecular weight is 246 g/mol. The molecule has 0 aliphatic heterocycles. The zero-order valence-electron chi connectivity index (χ0n) is 11.0. The van der Waals surface area contributed by atoms with Gasteiger partial charge in [-0.15, -0.1) is 0 Å². The monoisotopic (exact) mass is 246 g/mol. The molecule has 0 atom stereocenters. The van der Waals surface area contributed by atoms with Gasteiger partial charge >= 0.3 is 5.97 Å². The summed E-state index contributed by atoms with van der Waals surface area (Å²) in [6.07, 6.45) is 1.65. The fourth-order valence-corrected chi connectivity index (χ4v) is 1.52. The molecule has 18 heavy (non-hydrogen) atoms. The van der Waals surface area contributed by atoms with E-state index in [-0.39, 0.29) is 23.9 Å². The number of hydrogen-bond acceptors (Lipinski definition) is 3. The first kappa shape index (κ1) is 14.2. The van der Waals surface area contributed by atoms with Crippen LogP contribution in [0.25, 0.3) is 0 Å². The zero-order valence-corrected chi connectivity index (χ0v) is 11.0. The van der Waals surface area contributed by atoms with Gasteiger partial charge in [0.05, 0.1) is 6.61 Å². The van der Waals surface area contributed by atoms with Crippen molar-refractivity contribution in [1.29, 1.82) is 0 Å². The van der Waals surface area contributed by atoms with E-state index in [0.29, 0.717) is 5.56 Å². The third-order valence-electron chi connectivity index (χ3n) is 2.28. The molecule has 0 spiro atoms. The van der Waals surface area contributed by atoms with Gasteiger partial charge in [0, 0.05) is 5.56 Å². The van der Waals surface area contributed by atoms with Crippen molar-refractivity contribution in [2.24, 2.45) is 5.92 Å². The second-order valence-corrected chi connectivity index (χ2v) is 4.24. The summed E-state index contributed by atoms with van der Waals surface area (Å²) in [5.41, 5.74) is 0.607. The molecule has 3 heteroatoms. The summed E-state index contributed by atoms with van der Waals surface area (Å²) < 4.78 is 4.92. The molecule has 0 amide bonds. The number of carbonyl (C=O) groups is 2. The van der Waals surface area contributed by atoms with Crippen molar-refractivity contribution in [3.8, 4) is 0 Å². The molecule has 1 rings (SSSR count). The Morgan fingerprint density at radius 2 is 1.83 bits per heavy atom. The van der Waals surface area contributed by atoms with Crippen LogP contribution in [0.5, 0.6) is 0 Å². The maximum Gasteiger partial charge on any atom is 0.341 e. The zero-order chi connectivity index (χ0) is 13.5. The average Bonchev–Trinajstić information content (AvgIpc) is 2.36. The van der Waals surface area contributed by atoms with Crippen LogP contribution in [-0.2, 0) is 9.53 Å². The smallest absolute Gasteiger partial charge is 0.341 e. The highest BCUT2D eigenvalue weighted by molar-refractivity contribution is 6.24. The highest BCUT2D eigenvalue weighted by atomic mass is 16.5. The Morgan fingerprint density at radius 3 is 2.33 bits per heavy atom. The molecule has 0 N–H and O–H groups in total. The predicted molar refractivity (Wildman–Crippen MR) is 70.3 cm³/mol. The van der Waals surface area contributed by atoms with Gasteiger partial charge in [-0.2, -0.15) is 0 Å². The van der Waals surface area contributed by atoms with E-state index in [4.69, 9.17) is 4.74 Å². The van der Waals surface area contributed by atoms with Crippen LogP contribution in [0.3, 0.4) is 0 Å². The summed E-state index contributed by atoms with van der Waals surface area (Å²) >= 11 is 0. The third kappa shape index (κ3) is 3.84. The minimum Gasteiger partial charge on any atom is -0.462 e. The topological polar surface area (TPSA) is 43.4 Å². The number of ether oxygens (including phenoxy) is 1. The van der Waals surface area contributed by atoms with Gasteiger partial charge < -0.3 is 4.74 Å². The first-order valence-corrected chi connectivity index (χ1v) is 6.05. The van der Waals surface area contributed by atoms with E-state index in [1.807, 2.05) is 19.9 Å². The van der Waals surface area contributed by atoms with Crippen molar-refractivity contribution in [3.05, 3.63) is 47.5 Å². The van der Waals surface area contributed by atoms with Crippen LogP contribution in [0.1, 0.15) is 31.1 Å². The molecule has 1 aromatic rings. The molecular weight excluding hydrogens is 228 g/mol. The lowest BCUT2D eigenvalue weighted by molar-refractivity contribution is -0.138. The molecule has 96 valence electrons. The normalized spacial score (nSPS) is 11.4. The number of rotatable bonds is 5. The van der Waals surface area contributed by atoms with Gasteiger partial charge in [0.15, 0.2) is 5.78 Å². The summed E-state index contributed by atoms with van der Waals surface area (Å²) in [6.45, 7) is 5.81. The number of ketones is 1. The number of esters is 1. The standard InChI is InChI=1S/C15H18O3/c1-4-18-15(17)13(10-11(2)3)14(16)12-8-6-5-7-9-12/h5-11H,4H2,1-3H3/b13-10-. The number of hydrogen-bond donors (Lipinski definition) is 0. The molecule has 0 aliphatic rings.